The molecule has 0 radical (unpaired) electrons. The van der Waals surface area contributed by atoms with E-state index in [1.165, 1.54) is 6.07 Å². The number of aliphatic hydroxyl groups excluding tert-OH is 1. The molecule has 8 heteroatoms. The van der Waals surface area contributed by atoms with Crippen molar-refractivity contribution in [3.8, 4) is 11.5 Å². The van der Waals surface area contributed by atoms with Gasteiger partial charge in [0.2, 0.25) is 5.75 Å². The van der Waals surface area contributed by atoms with Crippen LogP contribution in [0, 0.1) is 20.2 Å². The standard InChI is InChI=1S/C17H12N2O6/c20-10-14-13-4-2-1-3-11(13)5-7-16(14)25-17-8-6-12(18(21)22)9-15(17)19(23)24/h1-9,20H,10H2. The molecule has 0 aliphatic rings. The fraction of sp³-hybridized carbons (Fsp3) is 0.0588. The molecule has 0 amide bonds. The van der Waals surface area contributed by atoms with Gasteiger partial charge >= 0.3 is 5.69 Å². The van der Waals surface area contributed by atoms with Crippen molar-refractivity contribution in [2.75, 3.05) is 0 Å². The van der Waals surface area contributed by atoms with Crippen LogP contribution in [-0.2, 0) is 6.61 Å². The van der Waals surface area contributed by atoms with Crippen molar-refractivity contribution in [3.05, 3.63) is 80.4 Å². The summed E-state index contributed by atoms with van der Waals surface area (Å²) in [6.07, 6.45) is 0. The van der Waals surface area contributed by atoms with Crippen LogP contribution in [0.5, 0.6) is 11.5 Å². The Morgan fingerprint density at radius 2 is 1.64 bits per heavy atom. The molecule has 25 heavy (non-hydrogen) atoms. The lowest BCUT2D eigenvalue weighted by atomic mass is 10.0. The van der Waals surface area contributed by atoms with Gasteiger partial charge in [-0.1, -0.05) is 30.3 Å². The number of ether oxygens (including phenoxy) is 1. The molecule has 0 atom stereocenters. The molecule has 0 aliphatic heterocycles. The summed E-state index contributed by atoms with van der Waals surface area (Å²) >= 11 is 0. The Morgan fingerprint density at radius 1 is 0.920 bits per heavy atom. The van der Waals surface area contributed by atoms with Crippen molar-refractivity contribution in [1.29, 1.82) is 0 Å². The third-order valence-corrected chi connectivity index (χ3v) is 3.73. The average Bonchev–Trinajstić information content (AvgIpc) is 2.61. The molecule has 0 bridgehead atoms. The second-order valence-electron chi connectivity index (χ2n) is 5.19. The Kier molecular flexibility index (Phi) is 4.27. The Balaban J connectivity index is 2.10. The van der Waals surface area contributed by atoms with Crippen LogP contribution in [0.15, 0.2) is 54.6 Å². The fourth-order valence-corrected chi connectivity index (χ4v) is 2.54. The number of nitro groups is 2. The van der Waals surface area contributed by atoms with Crippen molar-refractivity contribution < 1.29 is 19.7 Å². The van der Waals surface area contributed by atoms with E-state index in [2.05, 4.69) is 0 Å². The van der Waals surface area contributed by atoms with E-state index in [9.17, 15) is 25.3 Å². The molecular formula is C17H12N2O6. The molecule has 3 aromatic rings. The van der Waals surface area contributed by atoms with Crippen LogP contribution < -0.4 is 4.74 Å². The maximum atomic E-state index is 11.2. The monoisotopic (exact) mass is 340 g/mol. The first-order chi connectivity index (χ1) is 12.0. The molecule has 0 fully saturated rings. The highest BCUT2D eigenvalue weighted by molar-refractivity contribution is 5.87. The van der Waals surface area contributed by atoms with Gasteiger partial charge in [-0.25, -0.2) is 0 Å². The molecule has 0 heterocycles. The number of nitrogens with zero attached hydrogens (tertiary/aromatic N) is 2. The normalized spacial score (nSPS) is 10.6. The van der Waals surface area contributed by atoms with E-state index < -0.39 is 21.2 Å². The maximum Gasteiger partial charge on any atom is 0.318 e. The minimum Gasteiger partial charge on any atom is -0.450 e. The van der Waals surface area contributed by atoms with E-state index in [-0.39, 0.29) is 18.1 Å². The van der Waals surface area contributed by atoms with Gasteiger partial charge in [-0.2, -0.15) is 0 Å². The summed E-state index contributed by atoms with van der Waals surface area (Å²) in [5, 5.41) is 33.3. The largest absolute Gasteiger partial charge is 0.450 e. The van der Waals surface area contributed by atoms with Gasteiger partial charge < -0.3 is 9.84 Å². The Morgan fingerprint density at radius 3 is 2.32 bits per heavy atom. The lowest BCUT2D eigenvalue weighted by Gasteiger charge is -2.12. The second-order valence-corrected chi connectivity index (χ2v) is 5.19. The summed E-state index contributed by atoms with van der Waals surface area (Å²) in [6.45, 7) is -0.322. The van der Waals surface area contributed by atoms with Gasteiger partial charge in [-0.15, -0.1) is 0 Å². The van der Waals surface area contributed by atoms with Crippen LogP contribution in [0.3, 0.4) is 0 Å². The van der Waals surface area contributed by atoms with E-state index in [0.717, 1.165) is 22.9 Å². The Hall–Kier alpha value is -3.52. The predicted octanol–water partition coefficient (Wildman–Crippen LogP) is 3.94. The van der Waals surface area contributed by atoms with Crippen molar-refractivity contribution >= 4 is 22.1 Å². The topological polar surface area (TPSA) is 116 Å². The van der Waals surface area contributed by atoms with Crippen LogP contribution in [0.25, 0.3) is 10.8 Å². The summed E-state index contributed by atoms with van der Waals surface area (Å²) in [4.78, 5) is 20.5. The summed E-state index contributed by atoms with van der Waals surface area (Å²) in [5.41, 5.74) is -0.447. The summed E-state index contributed by atoms with van der Waals surface area (Å²) in [7, 11) is 0. The van der Waals surface area contributed by atoms with E-state index in [0.29, 0.717) is 5.56 Å². The molecule has 0 saturated heterocycles. The quantitative estimate of drug-likeness (QED) is 0.555. The summed E-state index contributed by atoms with van der Waals surface area (Å²) in [5.74, 6) is 0.110. The van der Waals surface area contributed by atoms with Gasteiger partial charge in [0.25, 0.3) is 5.69 Å². The smallest absolute Gasteiger partial charge is 0.318 e. The lowest BCUT2D eigenvalue weighted by molar-refractivity contribution is -0.394. The maximum absolute atomic E-state index is 11.2. The van der Waals surface area contributed by atoms with Crippen LogP contribution in [0.1, 0.15) is 5.56 Å². The minimum absolute atomic E-state index is 0.138. The fourth-order valence-electron chi connectivity index (χ4n) is 2.54. The molecular weight excluding hydrogens is 328 g/mol. The number of nitro benzene ring substituents is 2. The molecule has 0 aromatic heterocycles. The first kappa shape index (κ1) is 16.3. The molecule has 0 aliphatic carbocycles. The lowest BCUT2D eigenvalue weighted by Crippen LogP contribution is -1.98. The van der Waals surface area contributed by atoms with Gasteiger partial charge in [-0.3, -0.25) is 20.2 Å². The molecule has 0 unspecified atom stereocenters. The molecule has 3 rings (SSSR count). The Labute approximate surface area is 141 Å². The SMILES string of the molecule is O=[N+]([O-])c1ccc(Oc2ccc3ccccc3c2CO)c([N+](=O)[O-])c1. The number of rotatable bonds is 5. The molecule has 0 spiro atoms. The van der Waals surface area contributed by atoms with Crippen molar-refractivity contribution in [2.45, 2.75) is 6.61 Å². The van der Waals surface area contributed by atoms with Gasteiger partial charge in [0.15, 0.2) is 0 Å². The highest BCUT2D eigenvalue weighted by Gasteiger charge is 2.22. The van der Waals surface area contributed by atoms with Crippen LogP contribution >= 0.6 is 0 Å². The van der Waals surface area contributed by atoms with Crippen LogP contribution in [-0.4, -0.2) is 15.0 Å². The zero-order chi connectivity index (χ0) is 18.0. The first-order valence-corrected chi connectivity index (χ1v) is 7.23. The molecule has 3 aromatic carbocycles. The Bertz CT molecular complexity index is 986. The number of hydrogen-bond acceptors (Lipinski definition) is 6. The highest BCUT2D eigenvalue weighted by Crippen LogP contribution is 2.37. The predicted molar refractivity (Wildman–Crippen MR) is 89.7 cm³/mol. The highest BCUT2D eigenvalue weighted by atomic mass is 16.6. The van der Waals surface area contributed by atoms with Gasteiger partial charge in [0.1, 0.15) is 5.75 Å². The number of non-ortho nitro benzene ring substituents is 1. The number of hydrogen-bond donors (Lipinski definition) is 1. The van der Waals surface area contributed by atoms with Gasteiger partial charge in [-0.05, 0) is 22.9 Å². The van der Waals surface area contributed by atoms with Crippen LogP contribution in [0.2, 0.25) is 0 Å². The van der Waals surface area contributed by atoms with Crippen molar-refractivity contribution in [1.82, 2.24) is 0 Å². The third kappa shape index (κ3) is 3.10. The van der Waals surface area contributed by atoms with Crippen LogP contribution in [0.4, 0.5) is 11.4 Å². The van der Waals surface area contributed by atoms with Gasteiger partial charge in [0, 0.05) is 11.6 Å². The molecule has 126 valence electrons. The van der Waals surface area contributed by atoms with Crippen molar-refractivity contribution in [2.24, 2.45) is 0 Å². The number of fused-ring (bicyclic) bond motifs is 1. The summed E-state index contributed by atoms with van der Waals surface area (Å²) in [6, 6.07) is 13.8. The van der Waals surface area contributed by atoms with Gasteiger partial charge in [0.05, 0.1) is 22.5 Å². The average molecular weight is 340 g/mol. The van der Waals surface area contributed by atoms with E-state index >= 15 is 0 Å². The molecule has 1 N–H and O–H groups in total. The minimum atomic E-state index is -0.748. The molecule has 8 nitrogen and oxygen atoms in total. The third-order valence-electron chi connectivity index (χ3n) is 3.73. The zero-order valence-electron chi connectivity index (χ0n) is 12.8. The second kappa shape index (κ2) is 6.54. The van der Waals surface area contributed by atoms with Crippen molar-refractivity contribution in [3.63, 3.8) is 0 Å². The van der Waals surface area contributed by atoms with E-state index in [1.54, 1.807) is 24.3 Å². The summed E-state index contributed by atoms with van der Waals surface area (Å²) < 4.78 is 5.61. The van der Waals surface area contributed by atoms with E-state index in [1.807, 2.05) is 12.1 Å². The van der Waals surface area contributed by atoms with E-state index in [4.69, 9.17) is 4.74 Å². The zero-order valence-corrected chi connectivity index (χ0v) is 12.8. The number of aliphatic hydroxyl groups is 1. The molecule has 0 saturated carbocycles. The number of benzene rings is 3. The first-order valence-electron chi connectivity index (χ1n) is 7.23.